The first-order valence-electron chi connectivity index (χ1n) is 7.93. The van der Waals surface area contributed by atoms with Gasteiger partial charge in [0.25, 0.3) is 0 Å². The van der Waals surface area contributed by atoms with Crippen molar-refractivity contribution in [3.05, 3.63) is 12.4 Å². The van der Waals surface area contributed by atoms with E-state index in [0.29, 0.717) is 6.04 Å². The summed E-state index contributed by atoms with van der Waals surface area (Å²) in [7, 11) is 0. The second kappa shape index (κ2) is 8.77. The average Bonchev–Trinajstić information content (AvgIpc) is 2.87. The lowest BCUT2D eigenvalue weighted by Crippen LogP contribution is -2.22. The topological polar surface area (TPSA) is 46.9 Å². The van der Waals surface area contributed by atoms with Crippen LogP contribution in [0.5, 0.6) is 0 Å². The zero-order valence-electron chi connectivity index (χ0n) is 13.4. The first-order chi connectivity index (χ1) is 9.58. The van der Waals surface area contributed by atoms with E-state index in [-0.39, 0.29) is 11.8 Å². The highest BCUT2D eigenvalue weighted by atomic mass is 16.1. The van der Waals surface area contributed by atoms with Crippen molar-refractivity contribution < 1.29 is 4.79 Å². The van der Waals surface area contributed by atoms with Gasteiger partial charge in [0, 0.05) is 18.2 Å². The number of aromatic nitrogens is 2. The number of unbranched alkanes of at least 4 members (excludes halogenated alkanes) is 3. The molecule has 0 bridgehead atoms. The minimum Gasteiger partial charge on any atom is -0.323 e. The summed E-state index contributed by atoms with van der Waals surface area (Å²) in [6.45, 7) is 8.43. The van der Waals surface area contributed by atoms with E-state index in [2.05, 4.69) is 38.1 Å². The maximum Gasteiger partial charge on any atom is 0.227 e. The lowest BCUT2D eigenvalue weighted by atomic mass is 9.97. The van der Waals surface area contributed by atoms with Crippen LogP contribution in [0.3, 0.4) is 0 Å². The van der Waals surface area contributed by atoms with Crippen LogP contribution in [-0.2, 0) is 4.79 Å². The Bertz CT molecular complexity index is 398. The predicted molar refractivity (Wildman–Crippen MR) is 83.8 cm³/mol. The smallest absolute Gasteiger partial charge is 0.227 e. The molecule has 4 heteroatoms. The normalized spacial score (nSPS) is 12.7. The van der Waals surface area contributed by atoms with Crippen molar-refractivity contribution >= 4 is 11.6 Å². The van der Waals surface area contributed by atoms with Gasteiger partial charge in [0.1, 0.15) is 0 Å². The quantitative estimate of drug-likeness (QED) is 0.681. The van der Waals surface area contributed by atoms with Gasteiger partial charge in [-0.3, -0.25) is 9.48 Å². The molecule has 0 spiro atoms. The van der Waals surface area contributed by atoms with Gasteiger partial charge in [-0.05, 0) is 26.7 Å². The molecule has 0 aromatic carbocycles. The van der Waals surface area contributed by atoms with Crippen LogP contribution in [-0.4, -0.2) is 15.7 Å². The van der Waals surface area contributed by atoms with Gasteiger partial charge in [0.2, 0.25) is 5.91 Å². The third kappa shape index (κ3) is 5.35. The van der Waals surface area contributed by atoms with Crippen LogP contribution >= 0.6 is 0 Å². The summed E-state index contributed by atoms with van der Waals surface area (Å²) in [6.07, 6.45) is 10.4. The zero-order valence-corrected chi connectivity index (χ0v) is 13.4. The molecule has 1 aromatic rings. The summed E-state index contributed by atoms with van der Waals surface area (Å²) in [4.78, 5) is 12.2. The number of nitrogens with one attached hydrogen (secondary N) is 1. The molecule has 0 aliphatic carbocycles. The van der Waals surface area contributed by atoms with Crippen molar-refractivity contribution in [2.24, 2.45) is 5.92 Å². The highest BCUT2D eigenvalue weighted by Crippen LogP contribution is 2.17. The molecular weight excluding hydrogens is 250 g/mol. The van der Waals surface area contributed by atoms with E-state index < -0.39 is 0 Å². The van der Waals surface area contributed by atoms with E-state index in [4.69, 9.17) is 0 Å². The summed E-state index contributed by atoms with van der Waals surface area (Å²) in [5.74, 6) is 0.251. The van der Waals surface area contributed by atoms with E-state index >= 15 is 0 Å². The Balaban J connectivity index is 2.45. The Hall–Kier alpha value is -1.32. The number of carbonyl (C=O) groups is 1. The van der Waals surface area contributed by atoms with E-state index in [0.717, 1.165) is 24.9 Å². The van der Waals surface area contributed by atoms with Crippen LogP contribution < -0.4 is 5.32 Å². The molecule has 1 rings (SSSR count). The van der Waals surface area contributed by atoms with Gasteiger partial charge in [0.05, 0.1) is 11.9 Å². The molecule has 1 atom stereocenters. The third-order valence-corrected chi connectivity index (χ3v) is 3.67. The summed E-state index contributed by atoms with van der Waals surface area (Å²) in [5, 5.41) is 7.23. The second-order valence-electron chi connectivity index (χ2n) is 5.75. The van der Waals surface area contributed by atoms with Crippen LogP contribution in [0.2, 0.25) is 0 Å². The summed E-state index contributed by atoms with van der Waals surface area (Å²) in [6, 6.07) is 0.316. The lowest BCUT2D eigenvalue weighted by Gasteiger charge is -2.14. The third-order valence-electron chi connectivity index (χ3n) is 3.67. The monoisotopic (exact) mass is 279 g/mol. The number of rotatable bonds is 9. The molecule has 20 heavy (non-hydrogen) atoms. The minimum absolute atomic E-state index is 0.120. The van der Waals surface area contributed by atoms with E-state index in [1.165, 1.54) is 19.3 Å². The van der Waals surface area contributed by atoms with Crippen molar-refractivity contribution in [1.82, 2.24) is 9.78 Å². The van der Waals surface area contributed by atoms with Crippen LogP contribution in [0.25, 0.3) is 0 Å². The van der Waals surface area contributed by atoms with Gasteiger partial charge in [-0.2, -0.15) is 5.10 Å². The Labute approximate surface area is 122 Å². The molecule has 0 saturated carbocycles. The fourth-order valence-corrected chi connectivity index (χ4v) is 2.27. The number of hydrogen-bond donors (Lipinski definition) is 1. The summed E-state index contributed by atoms with van der Waals surface area (Å²) >= 11 is 0. The van der Waals surface area contributed by atoms with Crippen LogP contribution in [0.4, 0.5) is 5.69 Å². The number of carbonyl (C=O) groups excluding carboxylic acids is 1. The molecule has 0 saturated heterocycles. The molecule has 114 valence electrons. The molecule has 0 fully saturated rings. The highest BCUT2D eigenvalue weighted by Gasteiger charge is 2.16. The summed E-state index contributed by atoms with van der Waals surface area (Å²) < 4.78 is 1.86. The van der Waals surface area contributed by atoms with Gasteiger partial charge in [0.15, 0.2) is 0 Å². The van der Waals surface area contributed by atoms with Crippen LogP contribution in [0.15, 0.2) is 12.4 Å². The van der Waals surface area contributed by atoms with Gasteiger partial charge in [-0.25, -0.2) is 0 Å². The van der Waals surface area contributed by atoms with E-state index in [1.54, 1.807) is 6.20 Å². The number of nitrogens with zero attached hydrogens (tertiary/aromatic N) is 2. The van der Waals surface area contributed by atoms with E-state index in [1.807, 2.05) is 10.9 Å². The van der Waals surface area contributed by atoms with Crippen LogP contribution in [0.1, 0.15) is 72.3 Å². The molecule has 0 aliphatic heterocycles. The molecule has 0 aliphatic rings. The fourth-order valence-electron chi connectivity index (χ4n) is 2.27. The van der Waals surface area contributed by atoms with Crippen molar-refractivity contribution in [3.8, 4) is 0 Å². The molecule has 4 nitrogen and oxygen atoms in total. The Morgan fingerprint density at radius 1 is 1.30 bits per heavy atom. The largest absolute Gasteiger partial charge is 0.323 e. The Morgan fingerprint density at radius 2 is 2.05 bits per heavy atom. The predicted octanol–water partition coefficient (Wildman–Crippen LogP) is 4.40. The molecule has 1 unspecified atom stereocenters. The number of anilines is 1. The fraction of sp³-hybridized carbons (Fsp3) is 0.750. The molecule has 1 heterocycles. The van der Waals surface area contributed by atoms with Gasteiger partial charge < -0.3 is 5.32 Å². The summed E-state index contributed by atoms with van der Waals surface area (Å²) in [5.41, 5.74) is 0.802. The highest BCUT2D eigenvalue weighted by molar-refractivity contribution is 5.92. The molecular formula is C16H29N3O. The maximum atomic E-state index is 12.2. The zero-order chi connectivity index (χ0) is 15.0. The number of amides is 1. The SMILES string of the molecule is CCCCCCC(CC)C(=O)Nc1cnn(C(C)C)c1. The second-order valence-corrected chi connectivity index (χ2v) is 5.75. The van der Waals surface area contributed by atoms with Gasteiger partial charge >= 0.3 is 0 Å². The van der Waals surface area contributed by atoms with Crippen molar-refractivity contribution in [2.75, 3.05) is 5.32 Å². The van der Waals surface area contributed by atoms with Crippen molar-refractivity contribution in [2.45, 2.75) is 72.3 Å². The van der Waals surface area contributed by atoms with Gasteiger partial charge in [-0.1, -0.05) is 39.5 Å². The van der Waals surface area contributed by atoms with E-state index in [9.17, 15) is 4.79 Å². The van der Waals surface area contributed by atoms with Crippen LogP contribution in [0, 0.1) is 5.92 Å². The first kappa shape index (κ1) is 16.7. The molecule has 1 amide bonds. The Kier molecular flexibility index (Phi) is 7.34. The van der Waals surface area contributed by atoms with Crippen molar-refractivity contribution in [3.63, 3.8) is 0 Å². The minimum atomic E-state index is 0.120. The maximum absolute atomic E-state index is 12.2. The Morgan fingerprint density at radius 3 is 2.60 bits per heavy atom. The van der Waals surface area contributed by atoms with Gasteiger partial charge in [-0.15, -0.1) is 0 Å². The van der Waals surface area contributed by atoms with Crippen molar-refractivity contribution in [1.29, 1.82) is 0 Å². The average molecular weight is 279 g/mol. The first-order valence-corrected chi connectivity index (χ1v) is 7.93. The lowest BCUT2D eigenvalue weighted by molar-refractivity contribution is -0.120. The molecule has 1 aromatic heterocycles. The molecule has 0 radical (unpaired) electrons. The number of hydrogen-bond acceptors (Lipinski definition) is 2. The molecule has 1 N–H and O–H groups in total. The standard InChI is InChI=1S/C16H29N3O/c1-5-7-8-9-10-14(6-2)16(20)18-15-11-17-19(12-15)13(3)4/h11-14H,5-10H2,1-4H3,(H,18,20).